The lowest BCUT2D eigenvalue weighted by atomic mass is 10.1. The van der Waals surface area contributed by atoms with E-state index in [1.807, 2.05) is 0 Å². The van der Waals surface area contributed by atoms with Crippen LogP contribution in [-0.2, 0) is 21.2 Å². The molecule has 0 atom stereocenters. The molecule has 122 valence electrons. The van der Waals surface area contributed by atoms with E-state index in [9.17, 15) is 22.0 Å². The van der Waals surface area contributed by atoms with Crippen LogP contribution in [0.25, 0.3) is 0 Å². The number of nitrogens with zero attached hydrogens (tertiary/aromatic N) is 2. The van der Waals surface area contributed by atoms with E-state index in [4.69, 9.17) is 0 Å². The van der Waals surface area contributed by atoms with Gasteiger partial charge in [-0.05, 0) is 43.7 Å². The topological polar surface area (TPSA) is 89.0 Å². The van der Waals surface area contributed by atoms with Crippen molar-refractivity contribution in [1.29, 1.82) is 0 Å². The van der Waals surface area contributed by atoms with Crippen LogP contribution in [0.3, 0.4) is 0 Å². The third-order valence-electron chi connectivity index (χ3n) is 2.98. The van der Waals surface area contributed by atoms with Gasteiger partial charge in [0.25, 0.3) is 10.0 Å². The molecule has 0 spiro atoms. The van der Waals surface area contributed by atoms with Gasteiger partial charge in [0, 0.05) is 5.56 Å². The average molecular weight is 341 g/mol. The van der Waals surface area contributed by atoms with Gasteiger partial charge in [0.15, 0.2) is 5.03 Å². The number of aryl methyl sites for hydroxylation is 2. The summed E-state index contributed by atoms with van der Waals surface area (Å²) in [5, 5.41) is 6.61. The molecule has 0 radical (unpaired) electrons. The van der Waals surface area contributed by atoms with Gasteiger partial charge in [-0.1, -0.05) is 0 Å². The van der Waals surface area contributed by atoms with E-state index in [2.05, 4.69) is 10.2 Å². The first kappa shape index (κ1) is 16.9. The molecule has 6 nitrogen and oxygen atoms in total. The Bertz CT molecular complexity index is 852. The number of rotatable bonds is 4. The predicted octanol–water partition coefficient (Wildman–Crippen LogP) is 1.42. The fourth-order valence-corrected chi connectivity index (χ4v) is 2.64. The number of aromatic nitrogens is 2. The van der Waals surface area contributed by atoms with Crippen molar-refractivity contribution in [2.45, 2.75) is 25.3 Å². The Balaban J connectivity index is 2.16. The van der Waals surface area contributed by atoms with Gasteiger partial charge in [0.05, 0.1) is 12.1 Å². The van der Waals surface area contributed by atoms with Gasteiger partial charge in [-0.15, -0.1) is 5.10 Å². The summed E-state index contributed by atoms with van der Waals surface area (Å²) < 4.78 is 52.7. The fourth-order valence-electron chi connectivity index (χ4n) is 1.76. The highest BCUT2D eigenvalue weighted by molar-refractivity contribution is 7.90. The maximum Gasteiger partial charge on any atom is 0.283 e. The Kier molecular flexibility index (Phi) is 4.69. The molecule has 1 N–H and O–H groups in total. The van der Waals surface area contributed by atoms with Crippen molar-refractivity contribution >= 4 is 15.9 Å². The first-order valence-electron chi connectivity index (χ1n) is 6.49. The lowest BCUT2D eigenvalue weighted by Crippen LogP contribution is -2.32. The summed E-state index contributed by atoms with van der Waals surface area (Å²) in [6.07, 6.45) is -0.623. The molecule has 0 fully saturated rings. The average Bonchev–Trinajstić information content (AvgIpc) is 2.44. The summed E-state index contributed by atoms with van der Waals surface area (Å²) >= 11 is 0. The highest BCUT2D eigenvalue weighted by atomic mass is 32.2. The Hall–Kier alpha value is -2.42. The van der Waals surface area contributed by atoms with Crippen LogP contribution in [0.2, 0.25) is 0 Å². The fraction of sp³-hybridized carbons (Fsp3) is 0.214. The van der Waals surface area contributed by atoms with Gasteiger partial charge in [-0.3, -0.25) is 4.79 Å². The molecule has 0 unspecified atom stereocenters. The monoisotopic (exact) mass is 341 g/mol. The van der Waals surface area contributed by atoms with Crippen molar-refractivity contribution in [3.8, 4) is 0 Å². The highest BCUT2D eigenvalue weighted by Gasteiger charge is 2.21. The minimum absolute atomic E-state index is 0.0919. The molecule has 0 saturated carbocycles. The zero-order valence-corrected chi connectivity index (χ0v) is 13.1. The number of amides is 1. The minimum Gasteiger partial charge on any atom is -0.274 e. The largest absolute Gasteiger partial charge is 0.283 e. The van der Waals surface area contributed by atoms with Crippen molar-refractivity contribution in [3.05, 3.63) is 52.7 Å². The summed E-state index contributed by atoms with van der Waals surface area (Å²) in [7, 11) is -4.22. The van der Waals surface area contributed by atoms with E-state index in [1.54, 1.807) is 11.6 Å². The summed E-state index contributed by atoms with van der Waals surface area (Å²) in [5.41, 5.74) is 0.359. The number of sulfonamides is 1. The maximum absolute atomic E-state index is 13.7. The van der Waals surface area contributed by atoms with Gasteiger partial charge >= 0.3 is 0 Å². The van der Waals surface area contributed by atoms with E-state index in [0.717, 1.165) is 12.1 Å². The van der Waals surface area contributed by atoms with Crippen LogP contribution < -0.4 is 4.72 Å². The number of benzene rings is 1. The lowest BCUT2D eigenvalue weighted by molar-refractivity contribution is -0.118. The molecular weight excluding hydrogens is 328 g/mol. The molecule has 0 aliphatic heterocycles. The molecule has 0 saturated heterocycles. The molecule has 0 aliphatic carbocycles. The molecule has 2 aromatic rings. The predicted molar refractivity (Wildman–Crippen MR) is 76.9 cm³/mol. The zero-order chi connectivity index (χ0) is 17.2. The zero-order valence-electron chi connectivity index (χ0n) is 12.3. The summed E-state index contributed by atoms with van der Waals surface area (Å²) in [6, 6.07) is 4.41. The number of hydrogen-bond donors (Lipinski definition) is 1. The van der Waals surface area contributed by atoms with Gasteiger partial charge in [-0.25, -0.2) is 13.5 Å². The molecule has 0 aliphatic rings. The van der Waals surface area contributed by atoms with Crippen LogP contribution in [0, 0.1) is 25.5 Å². The van der Waals surface area contributed by atoms with Gasteiger partial charge in [-0.2, -0.15) is 13.5 Å². The van der Waals surface area contributed by atoms with Crippen LogP contribution in [0.15, 0.2) is 29.3 Å². The van der Waals surface area contributed by atoms with Crippen molar-refractivity contribution in [3.63, 3.8) is 0 Å². The number of carbonyl (C=O) groups is 1. The van der Waals surface area contributed by atoms with E-state index >= 15 is 0 Å². The van der Waals surface area contributed by atoms with Crippen molar-refractivity contribution < 1.29 is 22.0 Å². The van der Waals surface area contributed by atoms with E-state index in [-0.39, 0.29) is 11.1 Å². The summed E-state index contributed by atoms with van der Waals surface area (Å²) in [5.74, 6) is -2.47. The molecule has 1 aromatic heterocycles. The van der Waals surface area contributed by atoms with Crippen LogP contribution in [0.4, 0.5) is 8.78 Å². The summed E-state index contributed by atoms with van der Waals surface area (Å²) in [4.78, 5) is 11.8. The third-order valence-corrected chi connectivity index (χ3v) is 4.24. The van der Waals surface area contributed by atoms with Crippen molar-refractivity contribution in [2.75, 3.05) is 0 Å². The molecule has 0 bridgehead atoms. The third kappa shape index (κ3) is 4.07. The Morgan fingerprint density at radius 1 is 1.13 bits per heavy atom. The van der Waals surface area contributed by atoms with Gasteiger partial charge in [0.1, 0.15) is 11.6 Å². The second kappa shape index (κ2) is 6.37. The lowest BCUT2D eigenvalue weighted by Gasteiger charge is -2.07. The molecule has 23 heavy (non-hydrogen) atoms. The van der Waals surface area contributed by atoms with Crippen LogP contribution >= 0.6 is 0 Å². The van der Waals surface area contributed by atoms with Crippen molar-refractivity contribution in [2.24, 2.45) is 0 Å². The van der Waals surface area contributed by atoms with Gasteiger partial charge in [0.2, 0.25) is 5.91 Å². The number of carbonyl (C=O) groups excluding carboxylic acids is 1. The molecule has 1 amide bonds. The van der Waals surface area contributed by atoms with Crippen LogP contribution in [0.5, 0.6) is 0 Å². The first-order chi connectivity index (χ1) is 10.7. The molecule has 1 aromatic carbocycles. The smallest absolute Gasteiger partial charge is 0.274 e. The van der Waals surface area contributed by atoms with E-state index in [0.29, 0.717) is 5.69 Å². The first-order valence-corrected chi connectivity index (χ1v) is 7.98. The van der Waals surface area contributed by atoms with Crippen molar-refractivity contribution in [1.82, 2.24) is 14.9 Å². The SMILES string of the molecule is Cc1ccc(S(=O)(=O)NC(=O)Cc2cc(F)c(C)cc2F)nn1. The van der Waals surface area contributed by atoms with E-state index < -0.39 is 39.0 Å². The second-order valence-electron chi connectivity index (χ2n) is 4.91. The van der Waals surface area contributed by atoms with Crippen LogP contribution in [-0.4, -0.2) is 24.5 Å². The normalized spacial score (nSPS) is 11.3. The standard InChI is InChI=1S/C14H13F2N3O3S/c1-8-5-12(16)10(6-11(8)15)7-13(20)19-23(21,22)14-4-3-9(2)17-18-14/h3-6H,7H2,1-2H3,(H,19,20). The molecule has 2 rings (SSSR count). The number of halogens is 2. The highest BCUT2D eigenvalue weighted by Crippen LogP contribution is 2.15. The second-order valence-corrected chi connectivity index (χ2v) is 6.54. The minimum atomic E-state index is -4.22. The summed E-state index contributed by atoms with van der Waals surface area (Å²) in [6.45, 7) is 3.00. The molecule has 9 heteroatoms. The quantitative estimate of drug-likeness (QED) is 0.908. The molecular formula is C14H13F2N3O3S. The van der Waals surface area contributed by atoms with E-state index in [1.165, 1.54) is 19.1 Å². The Labute approximate surface area is 131 Å². The number of nitrogens with one attached hydrogen (secondary N) is 1. The van der Waals surface area contributed by atoms with Gasteiger partial charge < -0.3 is 0 Å². The van der Waals surface area contributed by atoms with Crippen LogP contribution in [0.1, 0.15) is 16.8 Å². The molecule has 1 heterocycles. The maximum atomic E-state index is 13.7. The Morgan fingerprint density at radius 2 is 1.83 bits per heavy atom. The Morgan fingerprint density at radius 3 is 2.43 bits per heavy atom. The number of hydrogen-bond acceptors (Lipinski definition) is 5.